The summed E-state index contributed by atoms with van der Waals surface area (Å²) in [6, 6.07) is -1.97. The summed E-state index contributed by atoms with van der Waals surface area (Å²) in [5.74, 6) is -0.611. The summed E-state index contributed by atoms with van der Waals surface area (Å²) in [6.07, 6.45) is 3.33. The minimum absolute atomic E-state index is 0.117. The lowest BCUT2D eigenvalue weighted by Gasteiger charge is -2.24. The van der Waals surface area contributed by atoms with Crippen molar-refractivity contribution in [2.45, 2.75) is 77.5 Å². The predicted octanol–water partition coefficient (Wildman–Crippen LogP) is 0.541. The normalized spacial score (nSPS) is 20.7. The Balaban J connectivity index is 2.60. The molecule has 1 heterocycles. The molecule has 1 aliphatic heterocycles. The lowest BCUT2D eigenvalue weighted by molar-refractivity contribution is -0.134. The molecule has 0 aromatic heterocycles. The summed E-state index contributed by atoms with van der Waals surface area (Å²) in [7, 11) is 0. The number of amides is 2. The van der Waals surface area contributed by atoms with Crippen molar-refractivity contribution in [2.75, 3.05) is 19.8 Å². The molecule has 0 saturated carbocycles. The fourth-order valence-corrected chi connectivity index (χ4v) is 2.99. The number of nitrogens with one attached hydrogen (secondary N) is 2. The second-order valence-corrected chi connectivity index (χ2v) is 8.44. The largest absolute Gasteiger partial charge is 0.394 e. The summed E-state index contributed by atoms with van der Waals surface area (Å²) in [5, 5.41) is 24.1. The monoisotopic (exact) mass is 400 g/mol. The molecular weight excluding hydrogens is 364 g/mol. The molecule has 0 radical (unpaired) electrons. The summed E-state index contributed by atoms with van der Waals surface area (Å²) >= 11 is 0. The van der Waals surface area contributed by atoms with E-state index in [1.54, 1.807) is 0 Å². The number of carbonyl (C=O) groups is 3. The number of ether oxygens (including phenoxy) is 1. The van der Waals surface area contributed by atoms with Crippen molar-refractivity contribution in [3.8, 4) is 0 Å². The van der Waals surface area contributed by atoms with Gasteiger partial charge in [-0.2, -0.15) is 0 Å². The molecule has 1 saturated heterocycles. The van der Waals surface area contributed by atoms with Gasteiger partial charge < -0.3 is 25.6 Å². The lowest BCUT2D eigenvalue weighted by Crippen LogP contribution is -2.55. The third-order valence-electron chi connectivity index (χ3n) is 4.81. The van der Waals surface area contributed by atoms with Gasteiger partial charge in [-0.05, 0) is 24.7 Å². The molecule has 0 aliphatic carbocycles. The molecule has 0 bridgehead atoms. The zero-order valence-electron chi connectivity index (χ0n) is 17.5. The van der Waals surface area contributed by atoms with Crippen LogP contribution in [0.2, 0.25) is 0 Å². The van der Waals surface area contributed by atoms with Crippen LogP contribution in [0.1, 0.15) is 59.8 Å². The van der Waals surface area contributed by atoms with E-state index >= 15 is 0 Å². The van der Waals surface area contributed by atoms with E-state index in [4.69, 9.17) is 4.74 Å². The second kappa shape index (κ2) is 11.5. The first-order chi connectivity index (χ1) is 13.1. The van der Waals surface area contributed by atoms with Crippen LogP contribution in [0.25, 0.3) is 0 Å². The van der Waals surface area contributed by atoms with Crippen molar-refractivity contribution in [2.24, 2.45) is 11.8 Å². The number of epoxide rings is 1. The predicted molar refractivity (Wildman–Crippen MR) is 104 cm³/mol. The van der Waals surface area contributed by atoms with Crippen LogP contribution in [0.4, 0.5) is 0 Å². The molecular formula is C20H36N2O6. The number of hydrogen-bond acceptors (Lipinski definition) is 6. The van der Waals surface area contributed by atoms with Crippen molar-refractivity contribution in [3.63, 3.8) is 0 Å². The maximum Gasteiger partial charge on any atom is 0.245 e. The Hall–Kier alpha value is -1.51. The maximum atomic E-state index is 12.6. The van der Waals surface area contributed by atoms with Gasteiger partial charge >= 0.3 is 0 Å². The number of ketones is 1. The molecule has 1 fully saturated rings. The van der Waals surface area contributed by atoms with Gasteiger partial charge in [0.25, 0.3) is 0 Å². The van der Waals surface area contributed by atoms with Gasteiger partial charge in [0.05, 0.1) is 25.9 Å². The first kappa shape index (κ1) is 24.5. The molecule has 3 atom stereocenters. The van der Waals surface area contributed by atoms with E-state index in [9.17, 15) is 24.6 Å². The Labute approximate surface area is 167 Å². The van der Waals surface area contributed by atoms with E-state index in [0.29, 0.717) is 18.8 Å². The molecule has 1 aliphatic rings. The Kier molecular flexibility index (Phi) is 10.1. The van der Waals surface area contributed by atoms with Gasteiger partial charge in [0.15, 0.2) is 11.4 Å². The highest BCUT2D eigenvalue weighted by atomic mass is 16.6. The minimum atomic E-state index is -1.23. The summed E-state index contributed by atoms with van der Waals surface area (Å²) < 4.78 is 5.10. The molecule has 0 aromatic rings. The zero-order valence-corrected chi connectivity index (χ0v) is 17.5. The van der Waals surface area contributed by atoms with Crippen LogP contribution < -0.4 is 10.6 Å². The number of Topliss-reactive ketones (excluding diaryl/α,β-unsaturated/α-hetero) is 1. The average molecular weight is 401 g/mol. The molecule has 0 unspecified atom stereocenters. The number of carbonyl (C=O) groups excluding carboxylic acids is 3. The van der Waals surface area contributed by atoms with Crippen LogP contribution in [0.3, 0.4) is 0 Å². The fourth-order valence-electron chi connectivity index (χ4n) is 2.99. The third kappa shape index (κ3) is 7.85. The summed E-state index contributed by atoms with van der Waals surface area (Å²) in [6.45, 7) is 7.19. The van der Waals surface area contributed by atoms with Gasteiger partial charge in [-0.25, -0.2) is 0 Å². The highest BCUT2D eigenvalue weighted by Crippen LogP contribution is 2.30. The SMILES string of the molecule is CC(C)CCCCC(=O)N[C@@H](CO)C(=O)N[C@@H](CC(C)C)C(=O)[C@@]1(CO)CO1. The molecule has 4 N–H and O–H groups in total. The molecule has 0 spiro atoms. The number of aliphatic hydroxyl groups is 2. The summed E-state index contributed by atoms with van der Waals surface area (Å²) in [4.78, 5) is 37.2. The molecule has 0 aromatic carbocycles. The summed E-state index contributed by atoms with van der Waals surface area (Å²) in [5.41, 5.74) is -1.23. The molecule has 28 heavy (non-hydrogen) atoms. The maximum absolute atomic E-state index is 12.6. The third-order valence-corrected chi connectivity index (χ3v) is 4.81. The van der Waals surface area contributed by atoms with E-state index in [2.05, 4.69) is 24.5 Å². The Morgan fingerprint density at radius 1 is 1.00 bits per heavy atom. The van der Waals surface area contributed by atoms with E-state index in [-0.39, 0.29) is 30.6 Å². The van der Waals surface area contributed by atoms with E-state index in [1.165, 1.54) is 0 Å². The van der Waals surface area contributed by atoms with Crippen LogP contribution in [-0.2, 0) is 19.1 Å². The van der Waals surface area contributed by atoms with Crippen molar-refractivity contribution in [1.82, 2.24) is 10.6 Å². The molecule has 162 valence electrons. The van der Waals surface area contributed by atoms with Crippen LogP contribution >= 0.6 is 0 Å². The fraction of sp³-hybridized carbons (Fsp3) is 0.850. The van der Waals surface area contributed by atoms with Crippen LogP contribution in [0.5, 0.6) is 0 Å². The molecule has 8 nitrogen and oxygen atoms in total. The minimum Gasteiger partial charge on any atom is -0.394 e. The van der Waals surface area contributed by atoms with Crippen molar-refractivity contribution >= 4 is 17.6 Å². The van der Waals surface area contributed by atoms with Crippen LogP contribution in [0, 0.1) is 11.8 Å². The van der Waals surface area contributed by atoms with Gasteiger partial charge in [0.2, 0.25) is 11.8 Å². The average Bonchev–Trinajstić information content (AvgIpc) is 3.42. The Morgan fingerprint density at radius 2 is 1.64 bits per heavy atom. The number of hydrogen-bond donors (Lipinski definition) is 4. The smallest absolute Gasteiger partial charge is 0.245 e. The molecule has 2 amide bonds. The highest BCUT2D eigenvalue weighted by molar-refractivity contribution is 5.98. The number of aliphatic hydroxyl groups excluding tert-OH is 2. The van der Waals surface area contributed by atoms with Gasteiger partial charge in [-0.1, -0.05) is 40.5 Å². The molecule has 8 heteroatoms. The van der Waals surface area contributed by atoms with Gasteiger partial charge in [-0.15, -0.1) is 0 Å². The van der Waals surface area contributed by atoms with Gasteiger partial charge in [0.1, 0.15) is 6.04 Å². The van der Waals surface area contributed by atoms with Gasteiger partial charge in [-0.3, -0.25) is 14.4 Å². The van der Waals surface area contributed by atoms with Crippen molar-refractivity contribution in [3.05, 3.63) is 0 Å². The second-order valence-electron chi connectivity index (χ2n) is 8.44. The molecule has 1 rings (SSSR count). The van der Waals surface area contributed by atoms with E-state index < -0.39 is 36.8 Å². The van der Waals surface area contributed by atoms with Crippen LogP contribution in [-0.4, -0.2) is 65.3 Å². The van der Waals surface area contributed by atoms with Crippen molar-refractivity contribution in [1.29, 1.82) is 0 Å². The first-order valence-electron chi connectivity index (χ1n) is 10.1. The number of unbranched alkanes of at least 4 members (excludes halogenated alkanes) is 1. The Morgan fingerprint density at radius 3 is 2.11 bits per heavy atom. The first-order valence-corrected chi connectivity index (χ1v) is 10.1. The van der Waals surface area contributed by atoms with Crippen molar-refractivity contribution < 1.29 is 29.3 Å². The highest BCUT2D eigenvalue weighted by Gasteiger charge is 2.54. The Bertz CT molecular complexity index is 531. The van der Waals surface area contributed by atoms with Crippen LogP contribution in [0.15, 0.2) is 0 Å². The van der Waals surface area contributed by atoms with E-state index in [1.807, 2.05) is 13.8 Å². The zero-order chi connectivity index (χ0) is 21.3. The topological polar surface area (TPSA) is 128 Å². The van der Waals surface area contributed by atoms with E-state index in [0.717, 1.165) is 12.8 Å². The standard InChI is InChI=1S/C20H36N2O6/c1-13(2)7-5-6-8-17(25)21-16(10-23)19(27)22-15(9-14(3)4)18(26)20(11-24)12-28-20/h13-16,23-24H,5-12H2,1-4H3,(H,21,25)(H,22,27)/t15-,16-,20+/m0/s1. The van der Waals surface area contributed by atoms with Gasteiger partial charge in [0, 0.05) is 6.42 Å². The lowest BCUT2D eigenvalue weighted by atomic mass is 9.92. The number of rotatable bonds is 14. The quantitative estimate of drug-likeness (QED) is 0.249.